The van der Waals surface area contributed by atoms with Gasteiger partial charge in [0, 0.05) is 0 Å². The van der Waals surface area contributed by atoms with Crippen LogP contribution in [-0.2, 0) is 4.79 Å². The third kappa shape index (κ3) is 1.39. The number of carbonyl (C=O) groups is 1. The van der Waals surface area contributed by atoms with Crippen LogP contribution in [0, 0.1) is 16.2 Å². The summed E-state index contributed by atoms with van der Waals surface area (Å²) in [6.07, 6.45) is 1.26. The number of carboxylic acid groups (broad SMARTS) is 1. The molecule has 0 amide bonds. The third-order valence-corrected chi connectivity index (χ3v) is 5.47. The number of hydrogen-bond donors (Lipinski definition) is 1. The van der Waals surface area contributed by atoms with Gasteiger partial charge in [-0.15, -0.1) is 0 Å². The smallest absolute Gasteiger partial charge is 0.404 e. The Bertz CT molecular complexity index is 378. The van der Waals surface area contributed by atoms with E-state index in [0.717, 1.165) is 25.7 Å². The van der Waals surface area contributed by atoms with Gasteiger partial charge in [-0.25, -0.2) is 0 Å². The van der Waals surface area contributed by atoms with E-state index in [-0.39, 0.29) is 23.7 Å². The van der Waals surface area contributed by atoms with Crippen molar-refractivity contribution in [2.24, 2.45) is 16.2 Å². The van der Waals surface area contributed by atoms with Gasteiger partial charge >= 0.3 is 12.1 Å². The molecule has 2 spiro atoms. The predicted octanol–water partition coefficient (Wildman–Crippen LogP) is 3.75. The van der Waals surface area contributed by atoms with Crippen molar-refractivity contribution in [3.63, 3.8) is 0 Å². The van der Waals surface area contributed by atoms with Crippen molar-refractivity contribution in [2.75, 3.05) is 0 Å². The molecular formula is C13H17F3O2. The Morgan fingerprint density at radius 1 is 0.944 bits per heavy atom. The average molecular weight is 262 g/mol. The van der Waals surface area contributed by atoms with E-state index < -0.39 is 17.6 Å². The van der Waals surface area contributed by atoms with E-state index in [1.165, 1.54) is 12.8 Å². The third-order valence-electron chi connectivity index (χ3n) is 5.47. The summed E-state index contributed by atoms with van der Waals surface area (Å²) in [5, 5.41) is 8.91. The van der Waals surface area contributed by atoms with E-state index in [9.17, 15) is 18.0 Å². The quantitative estimate of drug-likeness (QED) is 0.781. The zero-order chi connectivity index (χ0) is 13.2. The summed E-state index contributed by atoms with van der Waals surface area (Å²) < 4.78 is 38.7. The van der Waals surface area contributed by atoms with Crippen molar-refractivity contribution in [3.8, 4) is 0 Å². The molecule has 3 aliphatic rings. The first kappa shape index (κ1) is 12.3. The molecule has 0 heterocycles. The molecular weight excluding hydrogens is 245 g/mol. The van der Waals surface area contributed by atoms with Crippen LogP contribution in [-0.4, -0.2) is 17.3 Å². The predicted molar refractivity (Wildman–Crippen MR) is 57.9 cm³/mol. The van der Waals surface area contributed by atoms with Gasteiger partial charge in [-0.1, -0.05) is 12.8 Å². The topological polar surface area (TPSA) is 37.3 Å². The monoisotopic (exact) mass is 262 g/mol. The number of halogens is 3. The molecule has 3 aliphatic carbocycles. The minimum absolute atomic E-state index is 0.194. The highest BCUT2D eigenvalue weighted by Gasteiger charge is 2.76. The normalized spacial score (nSPS) is 31.1. The van der Waals surface area contributed by atoms with Crippen LogP contribution in [0.5, 0.6) is 0 Å². The molecule has 0 radical (unpaired) electrons. The molecule has 0 aliphatic heterocycles. The maximum atomic E-state index is 12.9. The van der Waals surface area contributed by atoms with E-state index in [2.05, 4.69) is 0 Å². The first-order chi connectivity index (χ1) is 8.23. The highest BCUT2D eigenvalue weighted by molar-refractivity contribution is 5.77. The lowest BCUT2D eigenvalue weighted by Gasteiger charge is -2.66. The molecule has 0 aromatic heterocycles. The van der Waals surface area contributed by atoms with Crippen LogP contribution in [0.2, 0.25) is 0 Å². The van der Waals surface area contributed by atoms with E-state index in [1.807, 2.05) is 0 Å². The van der Waals surface area contributed by atoms with Crippen LogP contribution >= 0.6 is 0 Å². The van der Waals surface area contributed by atoms with E-state index in [4.69, 9.17) is 5.11 Å². The summed E-state index contributed by atoms with van der Waals surface area (Å²) in [6.45, 7) is 0. The van der Waals surface area contributed by atoms with Crippen LogP contribution in [0.1, 0.15) is 51.4 Å². The summed E-state index contributed by atoms with van der Waals surface area (Å²) in [7, 11) is 0. The summed E-state index contributed by atoms with van der Waals surface area (Å²) >= 11 is 0. The number of carboxylic acids is 1. The second-order valence-electron chi connectivity index (χ2n) is 6.80. The molecule has 2 nitrogen and oxygen atoms in total. The highest BCUT2D eigenvalue weighted by atomic mass is 19.4. The largest absolute Gasteiger partial charge is 0.481 e. The van der Waals surface area contributed by atoms with Crippen LogP contribution in [0.3, 0.4) is 0 Å². The van der Waals surface area contributed by atoms with E-state index in [0.29, 0.717) is 0 Å². The summed E-state index contributed by atoms with van der Waals surface area (Å²) in [6, 6.07) is 0. The Morgan fingerprint density at radius 2 is 1.44 bits per heavy atom. The lowest BCUT2D eigenvalue weighted by molar-refractivity contribution is -0.302. The lowest BCUT2D eigenvalue weighted by atomic mass is 9.38. The molecule has 1 N–H and O–H groups in total. The minimum atomic E-state index is -4.61. The van der Waals surface area contributed by atoms with Gasteiger partial charge in [-0.3, -0.25) is 4.79 Å². The Hall–Kier alpha value is -0.740. The van der Waals surface area contributed by atoms with Crippen molar-refractivity contribution in [2.45, 2.75) is 57.5 Å². The molecule has 3 rings (SSSR count). The average Bonchev–Trinajstić information content (AvgIpc) is 2.55. The fraction of sp³-hybridized carbons (Fsp3) is 0.923. The Balaban J connectivity index is 1.71. The Morgan fingerprint density at radius 3 is 1.83 bits per heavy atom. The molecule has 0 bridgehead atoms. The van der Waals surface area contributed by atoms with Gasteiger partial charge in [0.15, 0.2) is 5.41 Å². The van der Waals surface area contributed by atoms with Crippen LogP contribution in [0.25, 0.3) is 0 Å². The van der Waals surface area contributed by atoms with Gasteiger partial charge in [0.25, 0.3) is 0 Å². The molecule has 3 saturated carbocycles. The molecule has 0 atom stereocenters. The van der Waals surface area contributed by atoms with Gasteiger partial charge in [0.05, 0.1) is 0 Å². The van der Waals surface area contributed by atoms with Crippen LogP contribution in [0.4, 0.5) is 13.2 Å². The van der Waals surface area contributed by atoms with Gasteiger partial charge in [0.1, 0.15) is 0 Å². The first-order valence-electron chi connectivity index (χ1n) is 6.53. The highest BCUT2D eigenvalue weighted by Crippen LogP contribution is 2.76. The summed E-state index contributed by atoms with van der Waals surface area (Å²) in [4.78, 5) is 11.0. The van der Waals surface area contributed by atoms with Gasteiger partial charge < -0.3 is 5.11 Å². The van der Waals surface area contributed by atoms with Gasteiger partial charge in [-0.2, -0.15) is 13.2 Å². The Kier molecular flexibility index (Phi) is 2.20. The lowest BCUT2D eigenvalue weighted by Crippen LogP contribution is -2.65. The number of hydrogen-bond acceptors (Lipinski definition) is 1. The van der Waals surface area contributed by atoms with Gasteiger partial charge in [-0.05, 0) is 49.4 Å². The maximum absolute atomic E-state index is 12.9. The second-order valence-corrected chi connectivity index (χ2v) is 6.80. The van der Waals surface area contributed by atoms with Crippen molar-refractivity contribution < 1.29 is 23.1 Å². The minimum Gasteiger partial charge on any atom is -0.481 e. The van der Waals surface area contributed by atoms with Gasteiger partial charge in [0.2, 0.25) is 0 Å². The number of alkyl halides is 3. The molecule has 0 unspecified atom stereocenters. The van der Waals surface area contributed by atoms with Crippen LogP contribution < -0.4 is 0 Å². The number of aliphatic carboxylic acids is 1. The van der Waals surface area contributed by atoms with Crippen molar-refractivity contribution in [1.29, 1.82) is 0 Å². The summed E-state index contributed by atoms with van der Waals surface area (Å²) in [5.74, 6) is -1.69. The van der Waals surface area contributed by atoms with Crippen molar-refractivity contribution in [3.05, 3.63) is 0 Å². The summed E-state index contributed by atoms with van der Waals surface area (Å²) in [5.41, 5.74) is -2.48. The molecule has 3 fully saturated rings. The standard InChI is InChI=1S/C13H17F3O2/c14-13(15,16)12(9(17)18)7-11(8-12)5-10(6-11)3-1-2-4-10/h1-8H2,(H,17,18). The SMILES string of the molecule is O=C(O)C1(C(F)(F)F)CC2(CC3(CCCC3)C2)C1. The van der Waals surface area contributed by atoms with E-state index in [1.54, 1.807) is 0 Å². The zero-order valence-electron chi connectivity index (χ0n) is 10.1. The maximum Gasteiger partial charge on any atom is 0.404 e. The molecule has 102 valence electrons. The van der Waals surface area contributed by atoms with Crippen molar-refractivity contribution >= 4 is 5.97 Å². The van der Waals surface area contributed by atoms with Crippen molar-refractivity contribution in [1.82, 2.24) is 0 Å². The fourth-order valence-electron chi connectivity index (χ4n) is 4.97. The fourth-order valence-corrected chi connectivity index (χ4v) is 4.97. The molecule has 0 saturated heterocycles. The Labute approximate surface area is 104 Å². The molecule has 5 heteroatoms. The molecule has 18 heavy (non-hydrogen) atoms. The first-order valence-corrected chi connectivity index (χ1v) is 6.53. The zero-order valence-corrected chi connectivity index (χ0v) is 10.1. The number of rotatable bonds is 1. The molecule has 0 aromatic carbocycles. The van der Waals surface area contributed by atoms with E-state index >= 15 is 0 Å². The molecule has 0 aromatic rings. The second kappa shape index (κ2) is 3.23. The van der Waals surface area contributed by atoms with Crippen LogP contribution in [0.15, 0.2) is 0 Å².